The predicted molar refractivity (Wildman–Crippen MR) is 148 cm³/mol. The molecule has 0 radical (unpaired) electrons. The summed E-state index contributed by atoms with van der Waals surface area (Å²) in [5, 5.41) is 13.7. The number of ether oxygens (including phenoxy) is 2. The lowest BCUT2D eigenvalue weighted by Crippen LogP contribution is -2.35. The highest BCUT2D eigenvalue weighted by atomic mass is 16.5. The van der Waals surface area contributed by atoms with Crippen LogP contribution in [0.3, 0.4) is 0 Å². The highest BCUT2D eigenvalue weighted by Gasteiger charge is 2.37. The van der Waals surface area contributed by atoms with Gasteiger partial charge in [0.25, 0.3) is 0 Å². The maximum absolute atomic E-state index is 12.5. The van der Waals surface area contributed by atoms with Gasteiger partial charge in [-0.1, -0.05) is 38.1 Å². The summed E-state index contributed by atoms with van der Waals surface area (Å²) in [7, 11) is 0. The summed E-state index contributed by atoms with van der Waals surface area (Å²) in [6, 6.07) is 11.6. The van der Waals surface area contributed by atoms with Gasteiger partial charge in [-0.15, -0.1) is 0 Å². The molecule has 3 aliphatic heterocycles. The lowest BCUT2D eigenvalue weighted by atomic mass is 9.82. The van der Waals surface area contributed by atoms with E-state index in [1.807, 2.05) is 24.3 Å². The van der Waals surface area contributed by atoms with Gasteiger partial charge in [-0.2, -0.15) is 0 Å². The third-order valence-electron chi connectivity index (χ3n) is 8.29. The summed E-state index contributed by atoms with van der Waals surface area (Å²) in [5.41, 5.74) is 5.60. The second-order valence-corrected chi connectivity index (χ2v) is 11.9. The summed E-state index contributed by atoms with van der Waals surface area (Å²) in [6.45, 7) is 8.25. The number of hydrogen-bond acceptors (Lipinski definition) is 6. The maximum atomic E-state index is 12.5. The van der Waals surface area contributed by atoms with Crippen LogP contribution in [0.4, 0.5) is 5.69 Å². The van der Waals surface area contributed by atoms with E-state index in [1.54, 1.807) is 0 Å². The monoisotopic (exact) mass is 521 g/mol. The Morgan fingerprint density at radius 3 is 2.92 bits per heavy atom. The van der Waals surface area contributed by atoms with E-state index in [1.165, 1.54) is 11.4 Å². The summed E-state index contributed by atoms with van der Waals surface area (Å²) >= 11 is 0. The number of nitrogens with one attached hydrogen (secondary N) is 1. The fourth-order valence-electron chi connectivity index (χ4n) is 6.09. The van der Waals surface area contributed by atoms with Crippen molar-refractivity contribution in [3.05, 3.63) is 58.9 Å². The third-order valence-corrected chi connectivity index (χ3v) is 8.29. The summed E-state index contributed by atoms with van der Waals surface area (Å²) in [4.78, 5) is 19.4. The van der Waals surface area contributed by atoms with E-state index in [0.29, 0.717) is 19.8 Å². The third kappa shape index (κ3) is 6.56. The molecule has 4 heterocycles. The number of likely N-dealkylation sites (tertiary alicyclic amines) is 1. The minimum Gasteiger partial charge on any atom is -0.480 e. The van der Waals surface area contributed by atoms with Gasteiger partial charge in [-0.3, -0.25) is 14.7 Å². The van der Waals surface area contributed by atoms with Gasteiger partial charge in [-0.25, -0.2) is 0 Å². The van der Waals surface area contributed by atoms with Gasteiger partial charge in [0, 0.05) is 31.9 Å². The zero-order valence-corrected chi connectivity index (χ0v) is 23.0. The standard InChI is InChI=1S/C31H43N3O4/c1-31(2)16-14-28(38-21-31)24-9-3-4-10-25(24)29(30(35)36)34-18-15-23(20-34)37-19-6-5-8-22-12-13-26-27(33-22)11-7-17-32-26/h3-4,9-10,12-13,23,28-29,32H,5-8,11,14-21H2,1-2H3,(H,35,36)/t23-,28?,29?/m1/s1. The number of aromatic nitrogens is 1. The molecular formula is C31H43N3O4. The molecule has 0 amide bonds. The smallest absolute Gasteiger partial charge is 0.325 e. The van der Waals surface area contributed by atoms with Crippen LogP contribution in [0.5, 0.6) is 0 Å². The van der Waals surface area contributed by atoms with Crippen LogP contribution >= 0.6 is 0 Å². The molecule has 38 heavy (non-hydrogen) atoms. The van der Waals surface area contributed by atoms with Crippen molar-refractivity contribution in [2.75, 3.05) is 38.2 Å². The Bertz CT molecular complexity index is 1090. The van der Waals surface area contributed by atoms with Crippen LogP contribution in [-0.4, -0.2) is 59.9 Å². The first-order valence-corrected chi connectivity index (χ1v) is 14.4. The van der Waals surface area contributed by atoms with Gasteiger partial charge in [0.05, 0.1) is 30.2 Å². The number of aryl methyl sites for hydroxylation is 2. The van der Waals surface area contributed by atoms with Crippen LogP contribution in [0.15, 0.2) is 36.4 Å². The molecule has 1 aromatic heterocycles. The molecule has 206 valence electrons. The van der Waals surface area contributed by atoms with Crippen LogP contribution in [0.1, 0.15) is 87.0 Å². The summed E-state index contributed by atoms with van der Waals surface area (Å²) < 4.78 is 12.4. The topological polar surface area (TPSA) is 83.9 Å². The fourth-order valence-corrected chi connectivity index (χ4v) is 6.09. The highest BCUT2D eigenvalue weighted by molar-refractivity contribution is 5.76. The number of nitrogens with zero attached hydrogens (tertiary/aromatic N) is 2. The van der Waals surface area contributed by atoms with Gasteiger partial charge >= 0.3 is 5.97 Å². The molecule has 0 aliphatic carbocycles. The van der Waals surface area contributed by atoms with E-state index in [-0.39, 0.29) is 17.6 Å². The predicted octanol–water partition coefficient (Wildman–Crippen LogP) is 5.56. The molecule has 0 bridgehead atoms. The van der Waals surface area contributed by atoms with Crippen LogP contribution in [0.25, 0.3) is 0 Å². The van der Waals surface area contributed by atoms with Crippen LogP contribution < -0.4 is 5.32 Å². The minimum absolute atomic E-state index is 0.0448. The Morgan fingerprint density at radius 1 is 1.24 bits per heavy atom. The molecule has 2 unspecified atom stereocenters. The van der Waals surface area contributed by atoms with Gasteiger partial charge in [0.2, 0.25) is 0 Å². The molecule has 0 spiro atoms. The minimum atomic E-state index is -0.804. The number of aliphatic carboxylic acids is 1. The number of anilines is 1. The zero-order valence-electron chi connectivity index (χ0n) is 23.0. The average Bonchev–Trinajstić information content (AvgIpc) is 3.37. The van der Waals surface area contributed by atoms with Gasteiger partial charge < -0.3 is 19.9 Å². The molecule has 3 aliphatic rings. The Balaban J connectivity index is 1.12. The first-order valence-electron chi connectivity index (χ1n) is 14.4. The number of carboxylic acids is 1. The van der Waals surface area contributed by atoms with Crippen molar-refractivity contribution in [1.29, 1.82) is 0 Å². The highest BCUT2D eigenvalue weighted by Crippen LogP contribution is 2.40. The Labute approximate surface area is 226 Å². The number of carbonyl (C=O) groups is 1. The number of benzene rings is 1. The molecule has 2 N–H and O–H groups in total. The number of hydrogen-bond donors (Lipinski definition) is 2. The van der Waals surface area contributed by atoms with Crippen molar-refractivity contribution in [3.63, 3.8) is 0 Å². The Kier molecular flexibility index (Phi) is 8.66. The van der Waals surface area contributed by atoms with Gasteiger partial charge in [0.15, 0.2) is 0 Å². The molecular weight excluding hydrogens is 478 g/mol. The Morgan fingerprint density at radius 2 is 2.11 bits per heavy atom. The summed E-state index contributed by atoms with van der Waals surface area (Å²) in [6.07, 6.45) is 8.07. The second-order valence-electron chi connectivity index (χ2n) is 11.9. The van der Waals surface area contributed by atoms with Crippen LogP contribution in [0, 0.1) is 5.41 Å². The van der Waals surface area contributed by atoms with Crippen molar-refractivity contribution in [2.24, 2.45) is 5.41 Å². The number of fused-ring (bicyclic) bond motifs is 1. The molecule has 2 saturated heterocycles. The Hall–Kier alpha value is -2.48. The molecule has 0 saturated carbocycles. The lowest BCUT2D eigenvalue weighted by Gasteiger charge is -2.36. The van der Waals surface area contributed by atoms with Crippen molar-refractivity contribution < 1.29 is 19.4 Å². The van der Waals surface area contributed by atoms with Crippen LogP contribution in [-0.2, 0) is 27.1 Å². The lowest BCUT2D eigenvalue weighted by molar-refractivity contribution is -0.143. The molecule has 2 aromatic rings. The molecule has 1 aromatic carbocycles. The average molecular weight is 522 g/mol. The van der Waals surface area contributed by atoms with Crippen molar-refractivity contribution in [3.8, 4) is 0 Å². The van der Waals surface area contributed by atoms with Crippen molar-refractivity contribution >= 4 is 11.7 Å². The second kappa shape index (κ2) is 12.1. The van der Waals surface area contributed by atoms with E-state index < -0.39 is 12.0 Å². The largest absolute Gasteiger partial charge is 0.480 e. The van der Waals surface area contributed by atoms with Gasteiger partial charge in [-0.05, 0) is 80.0 Å². The number of rotatable bonds is 10. The van der Waals surface area contributed by atoms with Gasteiger partial charge in [0.1, 0.15) is 6.04 Å². The quantitative estimate of drug-likeness (QED) is 0.396. The molecule has 3 atom stereocenters. The molecule has 2 fully saturated rings. The zero-order chi connectivity index (χ0) is 26.5. The number of pyridine rings is 1. The van der Waals surface area contributed by atoms with Crippen LogP contribution in [0.2, 0.25) is 0 Å². The molecule has 5 rings (SSSR count). The number of unbranched alkanes of at least 4 members (excludes halogenated alkanes) is 1. The van der Waals surface area contributed by atoms with E-state index in [0.717, 1.165) is 81.3 Å². The van der Waals surface area contributed by atoms with E-state index >= 15 is 0 Å². The van der Waals surface area contributed by atoms with Crippen molar-refractivity contribution in [2.45, 2.75) is 83.5 Å². The van der Waals surface area contributed by atoms with E-state index in [2.05, 4.69) is 36.2 Å². The molecule has 7 heteroatoms. The summed E-state index contributed by atoms with van der Waals surface area (Å²) in [5.74, 6) is -0.804. The fraction of sp³-hybridized carbons (Fsp3) is 0.613. The van der Waals surface area contributed by atoms with E-state index in [4.69, 9.17) is 14.5 Å². The first-order chi connectivity index (χ1) is 18.4. The first kappa shape index (κ1) is 27.1. The molecule has 7 nitrogen and oxygen atoms in total. The van der Waals surface area contributed by atoms with E-state index in [9.17, 15) is 9.90 Å². The maximum Gasteiger partial charge on any atom is 0.325 e. The van der Waals surface area contributed by atoms with Crippen molar-refractivity contribution in [1.82, 2.24) is 9.88 Å². The normalized spacial score (nSPS) is 23.9. The number of carboxylic acid groups (broad SMARTS) is 1. The SMILES string of the molecule is CC1(C)CCC(c2ccccc2C(C(=O)O)N2CC[C@@H](OCCCCc3ccc4c(n3)CCCN4)C2)OC1.